The van der Waals surface area contributed by atoms with Gasteiger partial charge in [-0.05, 0) is 99.2 Å². The number of carbonyl (C=O) groups is 1. The minimum Gasteiger partial charge on any atom is -0.490 e. The van der Waals surface area contributed by atoms with Crippen molar-refractivity contribution in [2.24, 2.45) is 11.8 Å². The Bertz CT molecular complexity index is 1510. The minimum atomic E-state index is -4.23. The van der Waals surface area contributed by atoms with Crippen molar-refractivity contribution in [3.63, 3.8) is 0 Å². The Labute approximate surface area is 259 Å². The van der Waals surface area contributed by atoms with Gasteiger partial charge in [0.05, 0.1) is 29.9 Å². The third-order valence-electron chi connectivity index (χ3n) is 9.27. The van der Waals surface area contributed by atoms with Crippen molar-refractivity contribution in [3.05, 3.63) is 77.9 Å². The second-order valence-electron chi connectivity index (χ2n) is 12.5. The average Bonchev–Trinajstić information content (AvgIpc) is 3.10. The van der Waals surface area contributed by atoms with Crippen LogP contribution in [0.15, 0.2) is 66.6 Å². The number of ether oxygens (including phenoxy) is 2. The quantitative estimate of drug-likeness (QED) is 0.350. The van der Waals surface area contributed by atoms with Gasteiger partial charge in [-0.25, -0.2) is 13.1 Å². The Morgan fingerprint density at radius 1 is 1.28 bits per heavy atom. The summed E-state index contributed by atoms with van der Waals surface area (Å²) in [6, 6.07) is 10.8. The molecular formula is C33H41ClN2O6S. The van der Waals surface area contributed by atoms with Crippen LogP contribution >= 0.6 is 11.6 Å². The van der Waals surface area contributed by atoms with Gasteiger partial charge in [0.15, 0.2) is 0 Å². The molecule has 1 saturated carbocycles. The maximum atomic E-state index is 13.5. The molecule has 3 aliphatic rings. The van der Waals surface area contributed by atoms with Crippen molar-refractivity contribution in [2.75, 3.05) is 31.2 Å². The zero-order chi connectivity index (χ0) is 31.0. The monoisotopic (exact) mass is 628 g/mol. The summed E-state index contributed by atoms with van der Waals surface area (Å²) in [4.78, 5) is 15.1. The molecule has 1 unspecified atom stereocenters. The van der Waals surface area contributed by atoms with Crippen LogP contribution in [0.2, 0.25) is 5.02 Å². The summed E-state index contributed by atoms with van der Waals surface area (Å²) in [6.07, 6.45) is 7.19. The predicted molar refractivity (Wildman–Crippen MR) is 168 cm³/mol. The van der Waals surface area contributed by atoms with E-state index in [-0.39, 0.29) is 28.8 Å². The molecule has 1 fully saturated rings. The summed E-state index contributed by atoms with van der Waals surface area (Å²) in [5.41, 5.74) is 1.36. The van der Waals surface area contributed by atoms with Crippen molar-refractivity contribution in [2.45, 2.75) is 68.0 Å². The largest absolute Gasteiger partial charge is 0.490 e. The van der Waals surface area contributed by atoms with Gasteiger partial charge in [0.1, 0.15) is 11.4 Å². The van der Waals surface area contributed by atoms with E-state index in [1.807, 2.05) is 12.1 Å². The number of aryl methyl sites for hydroxylation is 1. The molecule has 2 aromatic carbocycles. The van der Waals surface area contributed by atoms with Crippen LogP contribution in [0.5, 0.6) is 5.75 Å². The van der Waals surface area contributed by atoms with E-state index in [9.17, 15) is 18.3 Å². The van der Waals surface area contributed by atoms with Crippen LogP contribution in [-0.2, 0) is 31.4 Å². The number of amides is 1. The van der Waals surface area contributed by atoms with E-state index in [0.717, 1.165) is 32.1 Å². The van der Waals surface area contributed by atoms with E-state index in [2.05, 4.69) is 28.8 Å². The van der Waals surface area contributed by atoms with E-state index in [1.54, 1.807) is 18.2 Å². The molecule has 1 heterocycles. The Kier molecular flexibility index (Phi) is 9.01. The number of sulfonamides is 1. The minimum absolute atomic E-state index is 0.0456. The van der Waals surface area contributed by atoms with Gasteiger partial charge in [0.2, 0.25) is 0 Å². The summed E-state index contributed by atoms with van der Waals surface area (Å²) >= 11 is 6.37. The van der Waals surface area contributed by atoms with Crippen molar-refractivity contribution >= 4 is 33.2 Å². The number of hydrogen-bond donors (Lipinski definition) is 2. The number of aliphatic hydroxyl groups is 1. The van der Waals surface area contributed by atoms with E-state index in [1.165, 1.54) is 37.1 Å². The number of halogens is 1. The van der Waals surface area contributed by atoms with Crippen LogP contribution in [0.25, 0.3) is 0 Å². The molecule has 0 aromatic heterocycles. The molecule has 0 radical (unpaired) electrons. The highest BCUT2D eigenvalue weighted by atomic mass is 35.5. The highest BCUT2D eigenvalue weighted by Crippen LogP contribution is 2.47. The van der Waals surface area contributed by atoms with Crippen molar-refractivity contribution in [3.8, 4) is 5.75 Å². The summed E-state index contributed by atoms with van der Waals surface area (Å²) in [5, 5.41) is 11.3. The number of nitrogens with one attached hydrogen (secondary N) is 1. The standard InChI is InChI=1S/C33H41ClN2O6S/c1-5-16-42-32(3,4)31(38)35-43(39,40)25-11-14-30-28(18-25)36(19-23-9-12-26(23)29(37)6-2)20-33(21-41-30)15-7-8-22-17-24(34)10-13-27(22)33/h5-6,10-11,13-14,17-18,23,26,29,37H,1-2,7-9,12,15-16,19-21H2,3-4H3,(H,35,38)/t23-,26+,29?,33-/m0/s1. The zero-order valence-corrected chi connectivity index (χ0v) is 26.4. The Morgan fingerprint density at radius 2 is 2.07 bits per heavy atom. The Hall–Kier alpha value is -2.85. The third-order valence-corrected chi connectivity index (χ3v) is 10.8. The van der Waals surface area contributed by atoms with Gasteiger partial charge < -0.3 is 19.5 Å². The predicted octanol–water partition coefficient (Wildman–Crippen LogP) is 5.17. The van der Waals surface area contributed by atoms with Crippen molar-refractivity contribution in [1.29, 1.82) is 0 Å². The second-order valence-corrected chi connectivity index (χ2v) is 14.6. The lowest BCUT2D eigenvalue weighted by molar-refractivity contribution is -0.139. The number of hydrogen-bond acceptors (Lipinski definition) is 7. The molecule has 0 saturated heterocycles. The summed E-state index contributed by atoms with van der Waals surface area (Å²) in [7, 11) is -4.23. The molecule has 8 nitrogen and oxygen atoms in total. The number of anilines is 1. The van der Waals surface area contributed by atoms with Gasteiger partial charge in [0.25, 0.3) is 15.9 Å². The smallest absolute Gasteiger partial charge is 0.265 e. The van der Waals surface area contributed by atoms with Crippen molar-refractivity contribution in [1.82, 2.24) is 4.72 Å². The topological polar surface area (TPSA) is 105 Å². The fourth-order valence-corrected chi connectivity index (χ4v) is 7.94. The number of fused-ring (bicyclic) bond motifs is 3. The van der Waals surface area contributed by atoms with E-state index in [4.69, 9.17) is 21.1 Å². The molecule has 2 N–H and O–H groups in total. The van der Waals surface area contributed by atoms with E-state index >= 15 is 0 Å². The molecular weight excluding hydrogens is 588 g/mol. The van der Waals surface area contributed by atoms with E-state index in [0.29, 0.717) is 36.2 Å². The summed E-state index contributed by atoms with van der Waals surface area (Å²) in [6.45, 7) is 12.2. The molecule has 2 aromatic rings. The maximum absolute atomic E-state index is 13.5. The molecule has 2 aliphatic carbocycles. The number of rotatable bonds is 10. The van der Waals surface area contributed by atoms with Crippen molar-refractivity contribution < 1.29 is 27.8 Å². The second kappa shape index (κ2) is 12.3. The first-order valence-electron chi connectivity index (χ1n) is 14.8. The highest BCUT2D eigenvalue weighted by molar-refractivity contribution is 7.90. The number of nitrogens with zero attached hydrogens (tertiary/aromatic N) is 1. The first-order valence-corrected chi connectivity index (χ1v) is 16.7. The molecule has 4 atom stereocenters. The molecule has 43 heavy (non-hydrogen) atoms. The molecule has 1 aliphatic heterocycles. The maximum Gasteiger partial charge on any atom is 0.265 e. The van der Waals surface area contributed by atoms with Crippen LogP contribution < -0.4 is 14.4 Å². The first kappa shape index (κ1) is 31.6. The molecule has 10 heteroatoms. The highest BCUT2D eigenvalue weighted by Gasteiger charge is 2.44. The normalized spacial score (nSPS) is 24.0. The average molecular weight is 629 g/mol. The third kappa shape index (κ3) is 6.36. The SMILES string of the molecule is C=CCOC(C)(C)C(=O)NS(=O)(=O)c1ccc2c(c1)N(C[C@@H]1CC[C@H]1C(O)C=C)C[C@@]1(CCCc3cc(Cl)ccc31)CO2. The fraction of sp³-hybridized carbons (Fsp3) is 0.485. The molecule has 232 valence electrons. The van der Waals surface area contributed by atoms with Gasteiger partial charge >= 0.3 is 0 Å². The lowest BCUT2D eigenvalue weighted by Gasteiger charge is -2.45. The summed E-state index contributed by atoms with van der Waals surface area (Å²) < 4.78 is 41.1. The van der Waals surface area contributed by atoms with Gasteiger partial charge in [-0.1, -0.05) is 29.8 Å². The van der Waals surface area contributed by atoms with Crippen LogP contribution in [0, 0.1) is 11.8 Å². The van der Waals surface area contributed by atoms with Crippen LogP contribution in [0.3, 0.4) is 0 Å². The lowest BCUT2D eigenvalue weighted by atomic mass is 9.68. The Morgan fingerprint density at radius 3 is 2.77 bits per heavy atom. The molecule has 5 rings (SSSR count). The van der Waals surface area contributed by atoms with Gasteiger partial charge in [0, 0.05) is 23.5 Å². The number of benzene rings is 2. The molecule has 1 amide bonds. The lowest BCUT2D eigenvalue weighted by Crippen LogP contribution is -2.49. The number of carbonyl (C=O) groups excluding carboxylic acids is 1. The van der Waals surface area contributed by atoms with Crippen LogP contribution in [-0.4, -0.2) is 57.4 Å². The van der Waals surface area contributed by atoms with Gasteiger partial charge in [-0.15, -0.1) is 13.2 Å². The number of aliphatic hydroxyl groups excluding tert-OH is 1. The zero-order valence-electron chi connectivity index (χ0n) is 24.9. The van der Waals surface area contributed by atoms with Gasteiger partial charge in [-0.2, -0.15) is 0 Å². The first-order chi connectivity index (χ1) is 20.4. The van der Waals surface area contributed by atoms with Crippen LogP contribution in [0.1, 0.15) is 50.7 Å². The molecule has 0 bridgehead atoms. The Balaban J connectivity index is 1.51. The van der Waals surface area contributed by atoms with Crippen LogP contribution in [0.4, 0.5) is 5.69 Å². The summed E-state index contributed by atoms with van der Waals surface area (Å²) in [5.74, 6) is 0.0946. The molecule has 1 spiro atoms. The van der Waals surface area contributed by atoms with Gasteiger partial charge in [-0.3, -0.25) is 4.79 Å². The fourth-order valence-electron chi connectivity index (χ4n) is 6.63. The van der Waals surface area contributed by atoms with E-state index < -0.39 is 27.6 Å².